The van der Waals surface area contributed by atoms with Crippen LogP contribution in [0.1, 0.15) is 39.2 Å². The number of ether oxygens (including phenoxy) is 1. The monoisotopic (exact) mass is 374 g/mol. The number of benzene rings is 1. The molecule has 0 bridgehead atoms. The molecule has 1 rings (SSSR count). The summed E-state index contributed by atoms with van der Waals surface area (Å²) in [6.07, 6.45) is 0.680. The molecule has 0 saturated carbocycles. The van der Waals surface area contributed by atoms with Crippen molar-refractivity contribution in [3.05, 3.63) is 60.2 Å². The zero-order valence-electron chi connectivity index (χ0n) is 16.4. The highest BCUT2D eigenvalue weighted by Gasteiger charge is 2.40. The van der Waals surface area contributed by atoms with Gasteiger partial charge in [-0.05, 0) is 39.2 Å². The maximum absolute atomic E-state index is 13.1. The van der Waals surface area contributed by atoms with Gasteiger partial charge < -0.3 is 15.3 Å². The van der Waals surface area contributed by atoms with E-state index in [1.54, 1.807) is 20.8 Å². The molecule has 0 aliphatic carbocycles. The van der Waals surface area contributed by atoms with Gasteiger partial charge in [-0.2, -0.15) is 5.48 Å². The fourth-order valence-corrected chi connectivity index (χ4v) is 2.97. The van der Waals surface area contributed by atoms with Gasteiger partial charge in [0.1, 0.15) is 11.6 Å². The van der Waals surface area contributed by atoms with Crippen LogP contribution in [0.15, 0.2) is 54.6 Å². The highest BCUT2D eigenvalue weighted by molar-refractivity contribution is 5.91. The molecule has 0 saturated heterocycles. The van der Waals surface area contributed by atoms with Crippen LogP contribution in [0, 0.1) is 0 Å². The predicted octanol–water partition coefficient (Wildman–Crippen LogP) is 2.93. The number of esters is 1. The van der Waals surface area contributed by atoms with Crippen molar-refractivity contribution in [3.63, 3.8) is 0 Å². The molecular formula is C21H30N2O4. The number of nitrogens with one attached hydrogen (secondary N) is 2. The van der Waals surface area contributed by atoms with E-state index in [2.05, 4.69) is 24.0 Å². The largest absolute Gasteiger partial charge is 0.464 e. The molecule has 27 heavy (non-hydrogen) atoms. The number of amides is 1. The normalized spacial score (nSPS) is 12.1. The van der Waals surface area contributed by atoms with Crippen molar-refractivity contribution in [2.24, 2.45) is 0 Å². The molecule has 0 radical (unpaired) electrons. The molecule has 6 heteroatoms. The van der Waals surface area contributed by atoms with Gasteiger partial charge in [-0.3, -0.25) is 4.79 Å². The van der Waals surface area contributed by atoms with Gasteiger partial charge in [-0.25, -0.2) is 4.79 Å². The SMILES string of the molecule is C=C(C)CC(CC(=C)C)(NO)C(=O)N[C@@H](Cc1ccccc1)C(=O)OCC. The minimum atomic E-state index is -1.35. The Morgan fingerprint density at radius 1 is 1.15 bits per heavy atom. The number of carbonyl (C=O) groups is 2. The van der Waals surface area contributed by atoms with Crippen molar-refractivity contribution in [1.29, 1.82) is 0 Å². The Balaban J connectivity index is 3.10. The first-order valence-corrected chi connectivity index (χ1v) is 8.95. The average Bonchev–Trinajstić information content (AvgIpc) is 2.60. The summed E-state index contributed by atoms with van der Waals surface area (Å²) in [5, 5.41) is 12.5. The summed E-state index contributed by atoms with van der Waals surface area (Å²) in [5.74, 6) is -1.03. The van der Waals surface area contributed by atoms with Crippen LogP contribution in [0.2, 0.25) is 0 Å². The minimum absolute atomic E-state index is 0.197. The zero-order valence-corrected chi connectivity index (χ0v) is 16.4. The second-order valence-electron chi connectivity index (χ2n) is 6.93. The summed E-state index contributed by atoms with van der Waals surface area (Å²) in [5.41, 5.74) is 3.09. The number of hydrogen-bond donors (Lipinski definition) is 3. The lowest BCUT2D eigenvalue weighted by molar-refractivity contribution is -0.149. The van der Waals surface area contributed by atoms with Crippen molar-refractivity contribution in [1.82, 2.24) is 10.8 Å². The fraction of sp³-hybridized carbons (Fsp3) is 0.429. The number of rotatable bonds is 11. The van der Waals surface area contributed by atoms with Gasteiger partial charge in [0.05, 0.1) is 6.61 Å². The Hall–Kier alpha value is -2.44. The van der Waals surface area contributed by atoms with Crippen molar-refractivity contribution < 1.29 is 19.5 Å². The maximum Gasteiger partial charge on any atom is 0.328 e. The van der Waals surface area contributed by atoms with Gasteiger partial charge in [-0.1, -0.05) is 41.5 Å². The predicted molar refractivity (Wildman–Crippen MR) is 105 cm³/mol. The van der Waals surface area contributed by atoms with E-state index < -0.39 is 23.5 Å². The average molecular weight is 374 g/mol. The minimum Gasteiger partial charge on any atom is -0.464 e. The highest BCUT2D eigenvalue weighted by Crippen LogP contribution is 2.24. The van der Waals surface area contributed by atoms with Crippen molar-refractivity contribution in [2.45, 2.75) is 51.6 Å². The standard InChI is InChI=1S/C21H30N2O4/c1-6-27-19(24)18(12-17-10-8-7-9-11-17)22-20(25)21(23-26,13-15(2)3)14-16(4)5/h7-11,18,23,26H,2,4,6,12-14H2,1,3,5H3,(H,22,25)/t18-/m0/s1. The van der Waals surface area contributed by atoms with Crippen LogP contribution < -0.4 is 10.8 Å². The third-order valence-electron chi connectivity index (χ3n) is 4.01. The summed E-state index contributed by atoms with van der Waals surface area (Å²) in [6.45, 7) is 13.1. The number of carbonyl (C=O) groups excluding carboxylic acids is 2. The van der Waals surface area contributed by atoms with Crippen molar-refractivity contribution in [3.8, 4) is 0 Å². The highest BCUT2D eigenvalue weighted by atomic mass is 16.5. The molecule has 1 aromatic rings. The Bertz CT molecular complexity index is 654. The van der Waals surface area contributed by atoms with Crippen molar-refractivity contribution in [2.75, 3.05) is 6.61 Å². The molecule has 148 valence electrons. The Morgan fingerprint density at radius 2 is 1.70 bits per heavy atom. The molecule has 0 aliphatic rings. The van der Waals surface area contributed by atoms with E-state index in [4.69, 9.17) is 4.74 Å². The molecule has 0 aromatic heterocycles. The van der Waals surface area contributed by atoms with E-state index in [0.717, 1.165) is 5.56 Å². The van der Waals surface area contributed by atoms with Crippen molar-refractivity contribution >= 4 is 11.9 Å². The second kappa shape index (κ2) is 10.6. The summed E-state index contributed by atoms with van der Waals surface area (Å²) in [6, 6.07) is 8.47. The van der Waals surface area contributed by atoms with Gasteiger partial charge in [0.2, 0.25) is 5.91 Å². The molecule has 0 spiro atoms. The lowest BCUT2D eigenvalue weighted by Gasteiger charge is -2.33. The molecule has 6 nitrogen and oxygen atoms in total. The van der Waals surface area contributed by atoms with Crippen LogP contribution in [0.25, 0.3) is 0 Å². The Morgan fingerprint density at radius 3 is 2.15 bits per heavy atom. The Kier molecular flexibility index (Phi) is 8.91. The molecule has 0 unspecified atom stereocenters. The molecule has 1 atom stereocenters. The van der Waals surface area contributed by atoms with E-state index in [9.17, 15) is 14.8 Å². The lowest BCUT2D eigenvalue weighted by atomic mass is 9.85. The first-order valence-electron chi connectivity index (χ1n) is 8.95. The molecular weight excluding hydrogens is 344 g/mol. The van der Waals surface area contributed by atoms with E-state index >= 15 is 0 Å². The quantitative estimate of drug-likeness (QED) is 0.315. The van der Waals surface area contributed by atoms with Crippen LogP contribution in [0.5, 0.6) is 0 Å². The van der Waals surface area contributed by atoms with E-state index in [1.165, 1.54) is 0 Å². The van der Waals surface area contributed by atoms with Gasteiger partial charge in [0.15, 0.2) is 0 Å². The van der Waals surface area contributed by atoms with Crippen LogP contribution in [-0.4, -0.2) is 35.3 Å². The first-order chi connectivity index (χ1) is 12.7. The zero-order chi connectivity index (χ0) is 20.4. The molecule has 1 amide bonds. The third-order valence-corrected chi connectivity index (χ3v) is 4.01. The van der Waals surface area contributed by atoms with Gasteiger partial charge in [0.25, 0.3) is 0 Å². The second-order valence-corrected chi connectivity index (χ2v) is 6.93. The van der Waals surface area contributed by atoms with E-state index in [0.29, 0.717) is 11.1 Å². The smallest absolute Gasteiger partial charge is 0.328 e. The number of hydrogen-bond acceptors (Lipinski definition) is 5. The molecule has 0 heterocycles. The van der Waals surface area contributed by atoms with Crippen LogP contribution in [0.3, 0.4) is 0 Å². The lowest BCUT2D eigenvalue weighted by Crippen LogP contribution is -2.59. The van der Waals surface area contributed by atoms with E-state index in [-0.39, 0.29) is 25.9 Å². The maximum atomic E-state index is 13.1. The summed E-state index contributed by atoms with van der Waals surface area (Å²) >= 11 is 0. The topological polar surface area (TPSA) is 87.7 Å². The van der Waals surface area contributed by atoms with Gasteiger partial charge in [0, 0.05) is 6.42 Å². The molecule has 0 fully saturated rings. The van der Waals surface area contributed by atoms with Crippen LogP contribution in [0.4, 0.5) is 0 Å². The molecule has 0 aliphatic heterocycles. The molecule has 3 N–H and O–H groups in total. The van der Waals surface area contributed by atoms with E-state index in [1.807, 2.05) is 30.3 Å². The van der Waals surface area contributed by atoms with Gasteiger partial charge >= 0.3 is 5.97 Å². The number of hydroxylamine groups is 1. The fourth-order valence-electron chi connectivity index (χ4n) is 2.97. The Labute approximate surface area is 161 Å². The third kappa shape index (κ3) is 7.00. The van der Waals surface area contributed by atoms with Gasteiger partial charge in [-0.15, -0.1) is 13.2 Å². The summed E-state index contributed by atoms with van der Waals surface area (Å²) in [4.78, 5) is 25.4. The summed E-state index contributed by atoms with van der Waals surface area (Å²) in [7, 11) is 0. The molecule has 1 aromatic carbocycles. The first kappa shape index (κ1) is 22.6. The van der Waals surface area contributed by atoms with Crippen LogP contribution >= 0.6 is 0 Å². The van der Waals surface area contributed by atoms with Crippen LogP contribution in [-0.2, 0) is 20.7 Å². The summed E-state index contributed by atoms with van der Waals surface area (Å²) < 4.78 is 5.11.